The standard InChI is InChI=1S/C34H40FN7O2.C33H38FN7O2.C30H38ClN7O2/c1-24-8-4-9-25-10-5-12-30(32(24)25)40-17-14-28-29(22-40)37-34(44-23-26-11-7-16-39(26)3)38-33(28)41-18-19-42(27(21-41)20-36-2)31(43)13-6-15-35;1-22-8-5-9-24-10-6-12-29(30(22)24)39-15-13-27-28(20-39)36-33(43-21-25-11-7-14-38(25)4)37-31(27)40-16-17-41(32(42)23(2)34)26(19-40)18-35-3;1-21-7-5-9-27(22(21)2)36-14-11-25-26(19-36)33-30(40-20-23-8-6-13-35(23)4)34-29(25)37-15-16-38(28(39)10-12-31)24(18-37)17-32-3/h4-6,8-10,12-13,26-27H,7,11,14-23H2,1,3H3;5-6,8-10,12,25-26H,2,7,11,13-21H2,1,4H3;5,7,9-10,12,23-24H,6,8,11,13-20H2,1-2,4H3/b13-6+;;12-10-/t26-,27-;25-,26-;23-,24-/m000/s1. The predicted molar refractivity (Wildman–Crippen MR) is 495 cm³/mol. The van der Waals surface area contributed by atoms with Crippen molar-refractivity contribution in [1.29, 1.82) is 0 Å². The number of fused-ring (bicyclic) bond motifs is 5. The van der Waals surface area contributed by atoms with E-state index < -0.39 is 24.5 Å². The zero-order valence-electron chi connectivity index (χ0n) is 74.2. The van der Waals surface area contributed by atoms with Crippen LogP contribution in [-0.2, 0) is 53.3 Å². The molecule has 8 aromatic rings. The van der Waals surface area contributed by atoms with Gasteiger partial charge in [-0.15, -0.1) is 0 Å². The molecule has 0 radical (unpaired) electrons. The minimum atomic E-state index is -1.00. The molecule has 0 aliphatic carbocycles. The Morgan fingerprint density at radius 1 is 0.457 bits per heavy atom. The number of anilines is 6. The summed E-state index contributed by atoms with van der Waals surface area (Å²) < 4.78 is 45.4. The highest BCUT2D eigenvalue weighted by Crippen LogP contribution is 2.41. The van der Waals surface area contributed by atoms with Crippen molar-refractivity contribution < 1.29 is 37.4 Å². The Kier molecular flexibility index (Phi) is 29.3. The lowest BCUT2D eigenvalue weighted by Gasteiger charge is -2.41. The summed E-state index contributed by atoms with van der Waals surface area (Å²) in [6.45, 7) is 47.5. The molecule has 0 spiro atoms. The SMILES string of the molecule is [C-]#[N+]C[C@H]1CN(c2nc(OC[C@@H]3CCCN3C)nc3c2CCN(c2cccc(C)c2C)C3)CCN1C(=O)/C=C\Cl.[C-]#[N+]C[C@H]1CN(c2nc(OC[C@@H]3CCCN3C)nc3c2CCN(c2cccc4cccc(C)c24)C3)CCN1C(=O)/C=C/CF.[C-]#[N+]C[C@H]1CN(c2nc(OC[C@@H]3CCCN3C)nc3c2CCN(c2cccc4cccc(C)c24)C3)CCN1C(=O)C(=C)F. The van der Waals surface area contributed by atoms with Gasteiger partial charge < -0.3 is 87.5 Å². The van der Waals surface area contributed by atoms with Gasteiger partial charge in [-0.1, -0.05) is 91.0 Å². The summed E-state index contributed by atoms with van der Waals surface area (Å²) in [5, 5.41) is 4.95. The van der Waals surface area contributed by atoms with Gasteiger partial charge in [-0.3, -0.25) is 14.4 Å². The Labute approximate surface area is 749 Å². The van der Waals surface area contributed by atoms with Gasteiger partial charge >= 0.3 is 18.0 Å². The molecule has 3 amide bonds. The number of hydrogen-bond donors (Lipinski definition) is 0. The third-order valence-corrected chi connectivity index (χ3v) is 27.1. The molecule has 6 atom stereocenters. The number of likely N-dealkylation sites (tertiary alicyclic amines) is 3. The zero-order valence-corrected chi connectivity index (χ0v) is 74.9. The first-order valence-corrected chi connectivity index (χ1v) is 45.1. The number of benzene rings is 5. The largest absolute Gasteiger partial charge is 0.462 e. The van der Waals surface area contributed by atoms with Crippen LogP contribution >= 0.6 is 11.6 Å². The molecule has 9 aliphatic heterocycles. The van der Waals surface area contributed by atoms with Crippen molar-refractivity contribution in [2.45, 2.75) is 141 Å². The molecular formula is C97H116ClF2N21O6. The van der Waals surface area contributed by atoms with Gasteiger partial charge in [0.1, 0.15) is 62.1 Å². The lowest BCUT2D eigenvalue weighted by Crippen LogP contribution is -2.57. The minimum absolute atomic E-state index is 0.0778. The van der Waals surface area contributed by atoms with E-state index in [-0.39, 0.29) is 50.1 Å². The summed E-state index contributed by atoms with van der Waals surface area (Å²) in [5.41, 5.74) is 16.1. The summed E-state index contributed by atoms with van der Waals surface area (Å²) in [5.74, 6) is 0.321. The Balaban J connectivity index is 0.000000147. The number of amides is 3. The number of hydrogen-bond acceptors (Lipinski definition) is 21. The van der Waals surface area contributed by atoms with E-state index in [0.717, 1.165) is 142 Å². The number of carbonyl (C=O) groups excluding carboxylic acids is 3. The Bertz CT molecular complexity index is 5530. The molecule has 0 bridgehead atoms. The van der Waals surface area contributed by atoms with Crippen LogP contribution in [0.25, 0.3) is 36.1 Å². The molecule has 3 aromatic heterocycles. The molecular weight excluding hydrogens is 1630 g/mol. The minimum Gasteiger partial charge on any atom is -0.462 e. The van der Waals surface area contributed by atoms with E-state index in [9.17, 15) is 23.2 Å². The number of ether oxygens (including phenoxy) is 3. The van der Waals surface area contributed by atoms with Crippen LogP contribution < -0.4 is 43.6 Å². The lowest BCUT2D eigenvalue weighted by atomic mass is 9.99. The van der Waals surface area contributed by atoms with Crippen molar-refractivity contribution in [3.63, 3.8) is 0 Å². The molecule has 0 N–H and O–H groups in total. The van der Waals surface area contributed by atoms with Crippen LogP contribution in [0.2, 0.25) is 0 Å². The number of halogens is 3. The van der Waals surface area contributed by atoms with Gasteiger partial charge in [0.05, 0.1) is 36.7 Å². The van der Waals surface area contributed by atoms with Crippen molar-refractivity contribution in [1.82, 2.24) is 59.3 Å². The molecule has 0 saturated carbocycles. The second kappa shape index (κ2) is 41.3. The monoisotopic (exact) mass is 1740 g/mol. The van der Waals surface area contributed by atoms with Gasteiger partial charge in [-0.2, -0.15) is 29.9 Å². The first-order chi connectivity index (χ1) is 61.7. The summed E-state index contributed by atoms with van der Waals surface area (Å²) in [6, 6.07) is 33.3. The molecule has 666 valence electrons. The Morgan fingerprint density at radius 3 is 1.18 bits per heavy atom. The number of alkyl halides is 1. The number of aryl methyl sites for hydroxylation is 3. The van der Waals surface area contributed by atoms with E-state index in [1.807, 2.05) is 0 Å². The van der Waals surface area contributed by atoms with E-state index in [1.54, 1.807) is 9.80 Å². The number of nitrogens with zero attached hydrogens (tertiary/aromatic N) is 21. The predicted octanol–water partition coefficient (Wildman–Crippen LogP) is 12.6. The molecule has 6 fully saturated rings. The summed E-state index contributed by atoms with van der Waals surface area (Å²) >= 11 is 5.69. The third kappa shape index (κ3) is 20.4. The number of likely N-dealkylation sites (N-methyl/N-ethyl adjacent to an activating group) is 3. The number of piperazine rings is 3. The smallest absolute Gasteiger partial charge is 0.318 e. The third-order valence-electron chi connectivity index (χ3n) is 26.9. The lowest BCUT2D eigenvalue weighted by molar-refractivity contribution is -0.131. The Morgan fingerprint density at radius 2 is 0.811 bits per heavy atom. The van der Waals surface area contributed by atoms with Crippen LogP contribution in [0.15, 0.2) is 127 Å². The van der Waals surface area contributed by atoms with Crippen molar-refractivity contribution in [3.8, 4) is 18.0 Å². The molecule has 30 heteroatoms. The molecule has 27 nitrogen and oxygen atoms in total. The number of allylic oxidation sites excluding steroid dienone is 1. The summed E-state index contributed by atoms with van der Waals surface area (Å²) in [4.78, 5) is 104. The zero-order chi connectivity index (χ0) is 88.9. The molecule has 0 unspecified atom stereocenters. The maximum Gasteiger partial charge on any atom is 0.318 e. The summed E-state index contributed by atoms with van der Waals surface area (Å²) in [7, 11) is 6.39. The quantitative estimate of drug-likeness (QED) is 0.0456. The topological polar surface area (TPSA) is 208 Å². The highest BCUT2D eigenvalue weighted by Gasteiger charge is 2.41. The van der Waals surface area contributed by atoms with Crippen LogP contribution in [0.1, 0.15) is 94.6 Å². The van der Waals surface area contributed by atoms with Crippen molar-refractivity contribution in [3.05, 3.63) is 217 Å². The van der Waals surface area contributed by atoms with Crippen molar-refractivity contribution in [2.24, 2.45) is 0 Å². The second-order valence-electron chi connectivity index (χ2n) is 34.8. The number of aromatic nitrogens is 6. The molecule has 12 heterocycles. The Hall–Kier alpha value is -11.8. The molecule has 9 aliphatic rings. The first-order valence-electron chi connectivity index (χ1n) is 44.7. The van der Waals surface area contributed by atoms with Gasteiger partial charge in [0, 0.05) is 159 Å². The molecule has 5 aromatic carbocycles. The highest BCUT2D eigenvalue weighted by atomic mass is 35.5. The van der Waals surface area contributed by atoms with Gasteiger partial charge in [0.25, 0.3) is 5.91 Å². The maximum atomic E-state index is 13.8. The van der Waals surface area contributed by atoms with Gasteiger partial charge in [0.15, 0.2) is 5.83 Å². The van der Waals surface area contributed by atoms with E-state index in [1.165, 1.54) is 95.9 Å². The highest BCUT2D eigenvalue weighted by molar-refractivity contribution is 6.26. The fourth-order valence-corrected chi connectivity index (χ4v) is 19.9. The number of rotatable bonds is 22. The average molecular weight is 1750 g/mol. The van der Waals surface area contributed by atoms with Crippen LogP contribution in [0.5, 0.6) is 18.0 Å². The summed E-state index contributed by atoms with van der Waals surface area (Å²) in [6.07, 6.45) is 12.9. The van der Waals surface area contributed by atoms with E-state index in [0.29, 0.717) is 128 Å². The van der Waals surface area contributed by atoms with Crippen LogP contribution in [0, 0.1) is 47.4 Å². The molecule has 17 rings (SSSR count). The van der Waals surface area contributed by atoms with E-state index >= 15 is 0 Å². The average Bonchev–Trinajstić information content (AvgIpc) is 1.24. The van der Waals surface area contributed by atoms with Crippen molar-refractivity contribution in [2.75, 3.05) is 195 Å². The second-order valence-corrected chi connectivity index (χ2v) is 35.1. The fraction of sp³-hybridized carbons (Fsp3) is 0.485. The van der Waals surface area contributed by atoms with Crippen molar-refractivity contribution >= 4 is 85.4 Å². The molecule has 127 heavy (non-hydrogen) atoms. The van der Waals surface area contributed by atoms with E-state index in [4.69, 9.17) is 75.4 Å². The van der Waals surface area contributed by atoms with E-state index in [2.05, 4.69) is 205 Å². The number of carbonyl (C=O) groups is 3. The van der Waals surface area contributed by atoms with Crippen LogP contribution in [-0.4, -0.2) is 279 Å². The normalized spacial score (nSPS) is 21.0. The van der Waals surface area contributed by atoms with Crippen LogP contribution in [0.3, 0.4) is 0 Å². The van der Waals surface area contributed by atoms with Gasteiger partial charge in [-0.05, 0) is 184 Å². The van der Waals surface area contributed by atoms with Gasteiger partial charge in [0.2, 0.25) is 31.4 Å². The first kappa shape index (κ1) is 90.0. The van der Waals surface area contributed by atoms with Gasteiger partial charge in [-0.25, -0.2) is 28.5 Å². The fourth-order valence-electron chi connectivity index (χ4n) is 19.8. The molecule has 6 saturated heterocycles. The van der Waals surface area contributed by atoms with Crippen LogP contribution in [0.4, 0.5) is 43.3 Å². The maximum absolute atomic E-state index is 13.8.